The van der Waals surface area contributed by atoms with Crippen LogP contribution in [0, 0.1) is 0 Å². The van der Waals surface area contributed by atoms with E-state index < -0.39 is 12.2 Å². The van der Waals surface area contributed by atoms with E-state index >= 15 is 0 Å². The molecule has 1 amide bonds. The van der Waals surface area contributed by atoms with Crippen LogP contribution in [0.1, 0.15) is 25.3 Å². The van der Waals surface area contributed by atoms with Gasteiger partial charge in [-0.1, -0.05) is 31.5 Å². The van der Waals surface area contributed by atoms with E-state index in [0.29, 0.717) is 17.9 Å². The number of anilines is 1. The lowest BCUT2D eigenvalue weighted by atomic mass is 10.2. The maximum Gasteiger partial charge on any atom is 0.506 e. The van der Waals surface area contributed by atoms with Gasteiger partial charge in [0.1, 0.15) is 6.61 Å². The molecule has 0 bridgehead atoms. The lowest BCUT2D eigenvalue weighted by molar-refractivity contribution is 0.0855. The third-order valence-corrected chi connectivity index (χ3v) is 2.34. The summed E-state index contributed by atoms with van der Waals surface area (Å²) in [4.78, 5) is 21.8. The average Bonchev–Trinajstić information content (AvgIpc) is 2.38. The first-order valence-corrected chi connectivity index (χ1v) is 6.01. The normalized spacial score (nSPS) is 9.74. The van der Waals surface area contributed by atoms with Crippen molar-refractivity contribution in [2.45, 2.75) is 26.4 Å². The van der Waals surface area contributed by atoms with Crippen LogP contribution in [0.25, 0.3) is 0 Å². The Morgan fingerprint density at radius 1 is 1.26 bits per heavy atom. The summed E-state index contributed by atoms with van der Waals surface area (Å²) in [5.41, 5.74) is 1.04. The number of benzene rings is 1. The van der Waals surface area contributed by atoms with Crippen molar-refractivity contribution >= 4 is 17.9 Å². The first-order valence-electron chi connectivity index (χ1n) is 6.01. The molecule has 0 aliphatic heterocycles. The predicted molar refractivity (Wildman–Crippen MR) is 69.1 cm³/mol. The monoisotopic (exact) mass is 267 g/mol. The lowest BCUT2D eigenvalue weighted by Gasteiger charge is -2.10. The molecule has 0 unspecified atom stereocenters. The van der Waals surface area contributed by atoms with Gasteiger partial charge >= 0.3 is 12.2 Å². The Kier molecular flexibility index (Phi) is 6.21. The van der Waals surface area contributed by atoms with E-state index in [1.54, 1.807) is 24.3 Å². The minimum Gasteiger partial charge on any atom is -0.450 e. The second kappa shape index (κ2) is 7.97. The maximum absolute atomic E-state index is 11.5. The highest BCUT2D eigenvalue weighted by Gasteiger charge is 2.08. The van der Waals surface area contributed by atoms with E-state index in [4.69, 9.17) is 9.84 Å². The maximum atomic E-state index is 11.5. The number of ether oxygens (including phenoxy) is 2. The smallest absolute Gasteiger partial charge is 0.450 e. The van der Waals surface area contributed by atoms with Gasteiger partial charge in [-0.15, -0.1) is 0 Å². The predicted octanol–water partition coefficient (Wildman–Crippen LogP) is 3.23. The molecule has 0 aliphatic carbocycles. The highest BCUT2D eigenvalue weighted by molar-refractivity contribution is 5.85. The minimum atomic E-state index is -1.36. The number of amides is 1. The van der Waals surface area contributed by atoms with Crippen molar-refractivity contribution in [1.29, 1.82) is 0 Å². The molecule has 2 N–H and O–H groups in total. The SMILES string of the molecule is CCCCOC(=O)Nc1ccccc1COC(=O)O. The first-order chi connectivity index (χ1) is 9.13. The van der Waals surface area contributed by atoms with Crippen molar-refractivity contribution in [2.24, 2.45) is 0 Å². The van der Waals surface area contributed by atoms with Gasteiger partial charge in [-0.2, -0.15) is 0 Å². The molecular formula is C13H17NO5. The van der Waals surface area contributed by atoms with Crippen molar-refractivity contribution < 1.29 is 24.2 Å². The van der Waals surface area contributed by atoms with Crippen molar-refractivity contribution in [3.63, 3.8) is 0 Å². The van der Waals surface area contributed by atoms with Crippen LogP contribution in [0.5, 0.6) is 0 Å². The van der Waals surface area contributed by atoms with Gasteiger partial charge in [0.15, 0.2) is 0 Å². The molecular weight excluding hydrogens is 250 g/mol. The average molecular weight is 267 g/mol. The highest BCUT2D eigenvalue weighted by atomic mass is 16.7. The number of unbranched alkanes of at least 4 members (excludes halogenated alkanes) is 1. The van der Waals surface area contributed by atoms with Gasteiger partial charge in [-0.3, -0.25) is 5.32 Å². The summed E-state index contributed by atoms with van der Waals surface area (Å²) in [6.45, 7) is 2.23. The Morgan fingerprint density at radius 2 is 2.00 bits per heavy atom. The number of carboxylic acid groups (broad SMARTS) is 1. The molecule has 1 rings (SSSR count). The van der Waals surface area contributed by atoms with Gasteiger partial charge in [0.05, 0.1) is 12.3 Å². The molecule has 104 valence electrons. The quantitative estimate of drug-likeness (QED) is 0.610. The molecule has 0 heterocycles. The molecule has 1 aromatic carbocycles. The highest BCUT2D eigenvalue weighted by Crippen LogP contribution is 2.16. The molecule has 0 spiro atoms. The molecule has 0 fully saturated rings. The summed E-state index contributed by atoms with van der Waals surface area (Å²) in [7, 11) is 0. The van der Waals surface area contributed by atoms with Gasteiger partial charge < -0.3 is 14.6 Å². The molecule has 19 heavy (non-hydrogen) atoms. The zero-order valence-electron chi connectivity index (χ0n) is 10.7. The molecule has 0 aromatic heterocycles. The molecule has 6 heteroatoms. The van der Waals surface area contributed by atoms with Crippen molar-refractivity contribution in [3.8, 4) is 0 Å². The van der Waals surface area contributed by atoms with Gasteiger partial charge in [0.25, 0.3) is 0 Å². The number of rotatable bonds is 6. The van der Waals surface area contributed by atoms with Gasteiger partial charge in [0, 0.05) is 5.56 Å². The van der Waals surface area contributed by atoms with Crippen molar-refractivity contribution in [3.05, 3.63) is 29.8 Å². The van der Waals surface area contributed by atoms with Crippen molar-refractivity contribution in [2.75, 3.05) is 11.9 Å². The Morgan fingerprint density at radius 3 is 2.68 bits per heavy atom. The van der Waals surface area contributed by atoms with Crippen molar-refractivity contribution in [1.82, 2.24) is 0 Å². The number of nitrogens with one attached hydrogen (secondary N) is 1. The van der Waals surface area contributed by atoms with Crippen LogP contribution in [0.15, 0.2) is 24.3 Å². The number of hydrogen-bond donors (Lipinski definition) is 2. The zero-order chi connectivity index (χ0) is 14.1. The van der Waals surface area contributed by atoms with Crippen LogP contribution in [0.3, 0.4) is 0 Å². The van der Waals surface area contributed by atoms with Crippen LogP contribution in [0.4, 0.5) is 15.3 Å². The first kappa shape index (κ1) is 14.8. The standard InChI is InChI=1S/C13H17NO5/c1-2-3-8-18-12(15)14-11-7-5-4-6-10(11)9-19-13(16)17/h4-7H,2-3,8-9H2,1H3,(H,14,15)(H,16,17). The van der Waals surface area contributed by atoms with Crippen LogP contribution >= 0.6 is 0 Å². The second-order valence-electron chi connectivity index (χ2n) is 3.83. The number of hydrogen-bond acceptors (Lipinski definition) is 4. The number of carbonyl (C=O) groups excluding carboxylic acids is 1. The van der Waals surface area contributed by atoms with Crippen LogP contribution in [-0.4, -0.2) is 24.0 Å². The largest absolute Gasteiger partial charge is 0.506 e. The Bertz CT molecular complexity index is 433. The molecule has 1 aromatic rings. The minimum absolute atomic E-state index is 0.124. The van der Waals surface area contributed by atoms with E-state index in [1.807, 2.05) is 6.92 Å². The summed E-state index contributed by atoms with van der Waals surface area (Å²) in [6.07, 6.45) is -0.176. The van der Waals surface area contributed by atoms with E-state index in [-0.39, 0.29) is 6.61 Å². The topological polar surface area (TPSA) is 84.9 Å². The molecule has 0 saturated carbocycles. The fourth-order valence-corrected chi connectivity index (χ4v) is 1.36. The third-order valence-electron chi connectivity index (χ3n) is 2.34. The Balaban J connectivity index is 2.56. The molecule has 0 atom stereocenters. The van der Waals surface area contributed by atoms with E-state index in [1.165, 1.54) is 0 Å². The van der Waals surface area contributed by atoms with E-state index in [9.17, 15) is 9.59 Å². The Hall–Kier alpha value is -2.24. The third kappa shape index (κ3) is 5.76. The summed E-state index contributed by atoms with van der Waals surface area (Å²) in [5, 5.41) is 11.0. The Labute approximate surface area is 111 Å². The van der Waals surface area contributed by atoms with Crippen LogP contribution in [0.2, 0.25) is 0 Å². The fraction of sp³-hybridized carbons (Fsp3) is 0.385. The summed E-state index contributed by atoms with van der Waals surface area (Å²) in [5.74, 6) is 0. The second-order valence-corrected chi connectivity index (χ2v) is 3.83. The molecule has 0 aliphatic rings. The molecule has 6 nitrogen and oxygen atoms in total. The molecule has 0 radical (unpaired) electrons. The van der Waals surface area contributed by atoms with Crippen LogP contribution in [-0.2, 0) is 16.1 Å². The summed E-state index contributed by atoms with van der Waals surface area (Å²) >= 11 is 0. The van der Waals surface area contributed by atoms with Gasteiger partial charge in [-0.05, 0) is 12.5 Å². The molecule has 0 saturated heterocycles. The number of carbonyl (C=O) groups is 2. The summed E-state index contributed by atoms with van der Waals surface area (Å²) in [6, 6.07) is 6.78. The zero-order valence-corrected chi connectivity index (χ0v) is 10.7. The summed E-state index contributed by atoms with van der Waals surface area (Å²) < 4.78 is 9.43. The van der Waals surface area contributed by atoms with Crippen LogP contribution < -0.4 is 5.32 Å². The number of para-hydroxylation sites is 1. The van der Waals surface area contributed by atoms with Gasteiger partial charge in [0.2, 0.25) is 0 Å². The lowest BCUT2D eigenvalue weighted by Crippen LogP contribution is -2.16. The fourth-order valence-electron chi connectivity index (χ4n) is 1.36. The van der Waals surface area contributed by atoms with E-state index in [2.05, 4.69) is 10.1 Å². The van der Waals surface area contributed by atoms with Gasteiger partial charge in [-0.25, -0.2) is 9.59 Å². The van der Waals surface area contributed by atoms with E-state index in [0.717, 1.165) is 12.8 Å².